The molecule has 0 unspecified atom stereocenters. The molecule has 0 fully saturated rings. The van der Waals surface area contributed by atoms with E-state index in [0.717, 1.165) is 24.2 Å². The average molecular weight is 338 g/mol. The lowest BCUT2D eigenvalue weighted by Crippen LogP contribution is -2.26. The van der Waals surface area contributed by atoms with E-state index in [-0.39, 0.29) is 15.8 Å². The molecule has 1 aromatic heterocycles. The number of hydrogen-bond donors (Lipinski definition) is 2. The normalized spacial score (nSPS) is 11.1. The number of amides is 1. The van der Waals surface area contributed by atoms with Crippen molar-refractivity contribution in [1.29, 1.82) is 0 Å². The summed E-state index contributed by atoms with van der Waals surface area (Å²) < 4.78 is 27.2. The molecule has 1 amide bonds. The van der Waals surface area contributed by atoms with Crippen LogP contribution in [0.1, 0.15) is 30.1 Å². The van der Waals surface area contributed by atoms with Crippen molar-refractivity contribution >= 4 is 33.0 Å². The van der Waals surface area contributed by atoms with Gasteiger partial charge in [0.1, 0.15) is 4.21 Å². The molecule has 2 N–H and O–H groups in total. The molecule has 5 nitrogen and oxygen atoms in total. The Kier molecular flexibility index (Phi) is 5.57. The Hall–Kier alpha value is -1.86. The fourth-order valence-electron chi connectivity index (χ4n) is 1.86. The number of unbranched alkanes of at least 4 members (excludes halogenated alkanes) is 1. The monoisotopic (exact) mass is 338 g/mol. The summed E-state index contributed by atoms with van der Waals surface area (Å²) in [5.41, 5.74) is 0.601. The van der Waals surface area contributed by atoms with Crippen LogP contribution >= 0.6 is 11.3 Å². The first-order valence-corrected chi connectivity index (χ1v) is 9.34. The fraction of sp³-hybridized carbons (Fsp3) is 0.267. The van der Waals surface area contributed by atoms with Crippen LogP contribution in [0.2, 0.25) is 0 Å². The first-order valence-electron chi connectivity index (χ1n) is 6.98. The van der Waals surface area contributed by atoms with Gasteiger partial charge in [-0.05, 0) is 30.0 Å². The van der Waals surface area contributed by atoms with E-state index >= 15 is 0 Å². The zero-order chi connectivity index (χ0) is 16.0. The Balaban J connectivity index is 2.20. The van der Waals surface area contributed by atoms with Crippen LogP contribution in [0.15, 0.2) is 46.0 Å². The zero-order valence-electron chi connectivity index (χ0n) is 12.2. The minimum absolute atomic E-state index is 0.216. The van der Waals surface area contributed by atoms with Gasteiger partial charge in [0, 0.05) is 6.54 Å². The number of nitrogens with one attached hydrogen (secondary N) is 2. The summed E-state index contributed by atoms with van der Waals surface area (Å²) in [5, 5.41) is 4.48. The average Bonchev–Trinajstić information content (AvgIpc) is 3.02. The van der Waals surface area contributed by atoms with Crippen LogP contribution in [0, 0.1) is 0 Å². The summed E-state index contributed by atoms with van der Waals surface area (Å²) in [6.45, 7) is 2.61. The van der Waals surface area contributed by atoms with Crippen molar-refractivity contribution in [3.63, 3.8) is 0 Å². The van der Waals surface area contributed by atoms with Crippen molar-refractivity contribution in [3.05, 3.63) is 47.3 Å². The number of hydrogen-bond acceptors (Lipinski definition) is 4. The zero-order valence-corrected chi connectivity index (χ0v) is 13.8. The van der Waals surface area contributed by atoms with Crippen LogP contribution < -0.4 is 10.0 Å². The molecule has 0 saturated heterocycles. The predicted octanol–water partition coefficient (Wildman–Crippen LogP) is 3.08. The maximum Gasteiger partial charge on any atom is 0.271 e. The van der Waals surface area contributed by atoms with Gasteiger partial charge in [-0.1, -0.05) is 31.5 Å². The molecule has 0 saturated carbocycles. The van der Waals surface area contributed by atoms with Crippen LogP contribution in [-0.2, 0) is 10.0 Å². The topological polar surface area (TPSA) is 75.3 Å². The Labute approximate surface area is 134 Å². The Bertz CT molecular complexity index is 725. The molecule has 1 aromatic carbocycles. The van der Waals surface area contributed by atoms with Gasteiger partial charge in [0.25, 0.3) is 15.9 Å². The van der Waals surface area contributed by atoms with Gasteiger partial charge in [-0.25, -0.2) is 8.42 Å². The predicted molar refractivity (Wildman–Crippen MR) is 88.8 cm³/mol. The van der Waals surface area contributed by atoms with Crippen molar-refractivity contribution in [1.82, 2.24) is 5.32 Å². The lowest BCUT2D eigenvalue weighted by Gasteiger charge is -2.11. The lowest BCUT2D eigenvalue weighted by molar-refractivity contribution is 0.0954. The van der Waals surface area contributed by atoms with Crippen molar-refractivity contribution in [2.75, 3.05) is 11.3 Å². The number of benzene rings is 1. The van der Waals surface area contributed by atoms with Crippen LogP contribution in [0.25, 0.3) is 0 Å². The third kappa shape index (κ3) is 4.08. The summed E-state index contributed by atoms with van der Waals surface area (Å²) in [6, 6.07) is 9.78. The highest BCUT2D eigenvalue weighted by atomic mass is 32.2. The van der Waals surface area contributed by atoms with Gasteiger partial charge in [0.05, 0.1) is 11.3 Å². The van der Waals surface area contributed by atoms with E-state index in [1.54, 1.807) is 35.7 Å². The molecule has 0 aliphatic carbocycles. The number of carbonyl (C=O) groups is 1. The van der Waals surface area contributed by atoms with E-state index in [4.69, 9.17) is 0 Å². The maximum atomic E-state index is 12.3. The molecule has 118 valence electrons. The number of thiophene rings is 1. The van der Waals surface area contributed by atoms with Crippen LogP contribution in [0.5, 0.6) is 0 Å². The number of para-hydroxylation sites is 1. The van der Waals surface area contributed by atoms with Crippen molar-refractivity contribution in [3.8, 4) is 0 Å². The second kappa shape index (κ2) is 7.42. The molecule has 0 atom stereocenters. The second-order valence-electron chi connectivity index (χ2n) is 4.69. The third-order valence-electron chi connectivity index (χ3n) is 2.99. The quantitative estimate of drug-likeness (QED) is 0.762. The highest BCUT2D eigenvalue weighted by Gasteiger charge is 2.19. The molecule has 2 aromatic rings. The molecule has 2 rings (SSSR count). The van der Waals surface area contributed by atoms with Crippen LogP contribution in [0.3, 0.4) is 0 Å². The summed E-state index contributed by atoms with van der Waals surface area (Å²) in [5.74, 6) is -0.280. The molecule has 0 bridgehead atoms. The first-order chi connectivity index (χ1) is 10.5. The molecule has 0 spiro atoms. The van der Waals surface area contributed by atoms with Crippen molar-refractivity contribution in [2.24, 2.45) is 0 Å². The lowest BCUT2D eigenvalue weighted by atomic mass is 10.1. The summed E-state index contributed by atoms with van der Waals surface area (Å²) in [6.07, 6.45) is 1.86. The van der Waals surface area contributed by atoms with Crippen molar-refractivity contribution in [2.45, 2.75) is 24.0 Å². The molecule has 0 radical (unpaired) electrons. The van der Waals surface area contributed by atoms with Crippen molar-refractivity contribution < 1.29 is 13.2 Å². The van der Waals surface area contributed by atoms with E-state index in [2.05, 4.69) is 10.0 Å². The Morgan fingerprint density at radius 3 is 2.64 bits per heavy atom. The van der Waals surface area contributed by atoms with Gasteiger partial charge in [0.15, 0.2) is 0 Å². The SMILES string of the molecule is CCCCNC(=O)c1ccccc1NS(=O)(=O)c1cccs1. The molecular formula is C15H18N2O3S2. The molecule has 7 heteroatoms. The summed E-state index contributed by atoms with van der Waals surface area (Å²) in [7, 11) is -3.66. The van der Waals surface area contributed by atoms with E-state index in [1.165, 1.54) is 6.07 Å². The van der Waals surface area contributed by atoms with Crippen LogP contribution in [0.4, 0.5) is 5.69 Å². The van der Waals surface area contributed by atoms with E-state index in [1.807, 2.05) is 6.92 Å². The van der Waals surface area contributed by atoms with Crippen LogP contribution in [-0.4, -0.2) is 20.9 Å². The standard InChI is InChI=1S/C15H18N2O3S2/c1-2-3-10-16-15(18)12-7-4-5-8-13(12)17-22(19,20)14-9-6-11-21-14/h4-9,11,17H,2-3,10H2,1H3,(H,16,18). The van der Waals surface area contributed by atoms with E-state index < -0.39 is 10.0 Å². The minimum Gasteiger partial charge on any atom is -0.352 e. The van der Waals surface area contributed by atoms with E-state index in [9.17, 15) is 13.2 Å². The third-order valence-corrected chi connectivity index (χ3v) is 5.75. The fourth-order valence-corrected chi connectivity index (χ4v) is 3.93. The van der Waals surface area contributed by atoms with Gasteiger partial charge in [-0.15, -0.1) is 11.3 Å². The highest BCUT2D eigenvalue weighted by molar-refractivity contribution is 7.94. The number of sulfonamides is 1. The Morgan fingerprint density at radius 2 is 1.95 bits per heavy atom. The molecule has 1 heterocycles. The van der Waals surface area contributed by atoms with Gasteiger partial charge < -0.3 is 5.32 Å². The van der Waals surface area contributed by atoms with Gasteiger partial charge >= 0.3 is 0 Å². The van der Waals surface area contributed by atoms with E-state index in [0.29, 0.717) is 12.1 Å². The first kappa shape index (κ1) is 16.5. The number of carbonyl (C=O) groups excluding carboxylic acids is 1. The second-order valence-corrected chi connectivity index (χ2v) is 7.55. The maximum absolute atomic E-state index is 12.3. The molecule has 22 heavy (non-hydrogen) atoms. The number of rotatable bonds is 7. The smallest absolute Gasteiger partial charge is 0.271 e. The largest absolute Gasteiger partial charge is 0.352 e. The summed E-state index contributed by atoms with van der Waals surface area (Å²) in [4.78, 5) is 12.2. The van der Waals surface area contributed by atoms with Gasteiger partial charge in [-0.3, -0.25) is 9.52 Å². The molecule has 0 aliphatic rings. The van der Waals surface area contributed by atoms with Gasteiger partial charge in [-0.2, -0.15) is 0 Å². The minimum atomic E-state index is -3.66. The Morgan fingerprint density at radius 1 is 1.18 bits per heavy atom. The highest BCUT2D eigenvalue weighted by Crippen LogP contribution is 2.22. The molecular weight excluding hydrogens is 320 g/mol. The number of anilines is 1. The van der Waals surface area contributed by atoms with Gasteiger partial charge in [0.2, 0.25) is 0 Å². The summed E-state index contributed by atoms with van der Waals surface area (Å²) >= 11 is 1.13. The molecule has 0 aliphatic heterocycles.